The summed E-state index contributed by atoms with van der Waals surface area (Å²) in [6.45, 7) is 1.87. The van der Waals surface area contributed by atoms with Gasteiger partial charge in [0.2, 0.25) is 5.91 Å². The molecule has 0 radical (unpaired) electrons. The fourth-order valence-corrected chi connectivity index (χ4v) is 6.70. The molecule has 2 aromatic rings. The number of ether oxygens (including phenoxy) is 1. The van der Waals surface area contributed by atoms with Gasteiger partial charge in [-0.3, -0.25) is 9.59 Å². The summed E-state index contributed by atoms with van der Waals surface area (Å²) >= 11 is 0. The van der Waals surface area contributed by atoms with Gasteiger partial charge in [-0.15, -0.1) is 0 Å². The zero-order chi connectivity index (χ0) is 24.6. The van der Waals surface area contributed by atoms with E-state index in [1.54, 1.807) is 18.2 Å². The van der Waals surface area contributed by atoms with Crippen LogP contribution in [-0.2, 0) is 19.4 Å². The third-order valence-electron chi connectivity index (χ3n) is 7.34. The van der Waals surface area contributed by atoms with E-state index in [2.05, 4.69) is 10.6 Å². The Kier molecular flexibility index (Phi) is 6.57. The minimum absolute atomic E-state index is 0.00176. The van der Waals surface area contributed by atoms with Crippen molar-refractivity contribution in [2.75, 3.05) is 5.75 Å². The second-order valence-corrected chi connectivity index (χ2v) is 12.1. The average Bonchev–Trinajstić information content (AvgIpc) is 3.75. The zero-order valence-corrected chi connectivity index (χ0v) is 20.7. The number of fused-ring (bicyclic) bond motifs is 1. The van der Waals surface area contributed by atoms with E-state index in [4.69, 9.17) is 4.74 Å². The Morgan fingerprint density at radius 2 is 1.57 bits per heavy atom. The standard InChI is InChI=1S/C27H32N2O5S/c1-17(28-25(30)15-21(18-11-12-18)19-13-14-19)26(20-7-3-2-4-8-20)29-27(31)23-16-35(32,33)24-10-6-5-9-22(24)34-23/h2-10,17-19,21,23,26H,11-16H2,1H3,(H,28,30)(H,29,31). The molecule has 2 fully saturated rings. The van der Waals surface area contributed by atoms with E-state index < -0.39 is 33.6 Å². The fraction of sp³-hybridized carbons (Fsp3) is 0.481. The van der Waals surface area contributed by atoms with Gasteiger partial charge in [0.15, 0.2) is 15.9 Å². The highest BCUT2D eigenvalue weighted by Gasteiger charge is 2.42. The van der Waals surface area contributed by atoms with Gasteiger partial charge in [-0.1, -0.05) is 42.5 Å². The van der Waals surface area contributed by atoms with Crippen molar-refractivity contribution in [1.29, 1.82) is 0 Å². The summed E-state index contributed by atoms with van der Waals surface area (Å²) in [5.74, 6) is 1.06. The molecule has 3 unspecified atom stereocenters. The quantitative estimate of drug-likeness (QED) is 0.554. The van der Waals surface area contributed by atoms with Crippen LogP contribution in [0.15, 0.2) is 59.5 Å². The SMILES string of the molecule is CC(NC(=O)CC(C1CC1)C1CC1)C(NC(=O)C1CS(=O)(=O)c2ccccc2O1)c1ccccc1. The topological polar surface area (TPSA) is 102 Å². The molecule has 5 rings (SSSR count). The molecule has 2 saturated carbocycles. The number of carbonyl (C=O) groups is 2. The van der Waals surface area contributed by atoms with Crippen LogP contribution in [0.3, 0.4) is 0 Å². The first kappa shape index (κ1) is 23.9. The molecule has 1 aliphatic heterocycles. The van der Waals surface area contributed by atoms with Crippen LogP contribution < -0.4 is 15.4 Å². The largest absolute Gasteiger partial charge is 0.478 e. The number of sulfone groups is 1. The van der Waals surface area contributed by atoms with Crippen molar-refractivity contribution >= 4 is 21.7 Å². The number of nitrogens with one attached hydrogen (secondary N) is 2. The normalized spacial score (nSPS) is 22.4. The lowest BCUT2D eigenvalue weighted by Gasteiger charge is -2.30. The van der Waals surface area contributed by atoms with Crippen molar-refractivity contribution in [3.05, 3.63) is 60.2 Å². The van der Waals surface area contributed by atoms with E-state index in [-0.39, 0.29) is 22.6 Å². The molecule has 8 heteroatoms. The molecule has 0 bridgehead atoms. The highest BCUT2D eigenvalue weighted by molar-refractivity contribution is 7.91. The first-order valence-corrected chi connectivity index (χ1v) is 14.1. The number of carbonyl (C=O) groups excluding carboxylic acids is 2. The molecule has 1 heterocycles. The summed E-state index contributed by atoms with van der Waals surface area (Å²) in [6.07, 6.45) is 4.24. The number of amides is 2. The zero-order valence-electron chi connectivity index (χ0n) is 19.9. The van der Waals surface area contributed by atoms with Crippen molar-refractivity contribution in [2.45, 2.75) is 62.1 Å². The van der Waals surface area contributed by atoms with E-state index in [1.807, 2.05) is 37.3 Å². The van der Waals surface area contributed by atoms with Crippen molar-refractivity contribution < 1.29 is 22.7 Å². The molecule has 3 aliphatic rings. The van der Waals surface area contributed by atoms with E-state index >= 15 is 0 Å². The third-order valence-corrected chi connectivity index (χ3v) is 9.09. The predicted molar refractivity (Wildman–Crippen MR) is 131 cm³/mol. The first-order valence-electron chi connectivity index (χ1n) is 12.4. The van der Waals surface area contributed by atoms with Gasteiger partial charge < -0.3 is 15.4 Å². The Morgan fingerprint density at radius 3 is 2.23 bits per heavy atom. The van der Waals surface area contributed by atoms with E-state index in [0.717, 1.165) is 5.56 Å². The van der Waals surface area contributed by atoms with Crippen LogP contribution in [-0.4, -0.2) is 38.1 Å². The summed E-state index contributed by atoms with van der Waals surface area (Å²) in [4.78, 5) is 26.3. The molecule has 0 aromatic heterocycles. The lowest BCUT2D eigenvalue weighted by molar-refractivity contribution is -0.129. The molecule has 2 aliphatic carbocycles. The summed E-state index contributed by atoms with van der Waals surface area (Å²) in [6, 6.07) is 14.8. The average molecular weight is 497 g/mol. The van der Waals surface area contributed by atoms with Crippen LogP contribution in [0.25, 0.3) is 0 Å². The van der Waals surface area contributed by atoms with Crippen LogP contribution >= 0.6 is 0 Å². The molecule has 35 heavy (non-hydrogen) atoms. The minimum Gasteiger partial charge on any atom is -0.478 e. The van der Waals surface area contributed by atoms with E-state index in [1.165, 1.54) is 31.7 Å². The van der Waals surface area contributed by atoms with Crippen molar-refractivity contribution in [1.82, 2.24) is 10.6 Å². The van der Waals surface area contributed by atoms with Gasteiger partial charge in [0.05, 0.1) is 12.1 Å². The monoisotopic (exact) mass is 496 g/mol. The number of rotatable bonds is 9. The Hall–Kier alpha value is -2.87. The van der Waals surface area contributed by atoms with Crippen LogP contribution in [0.1, 0.15) is 50.6 Å². The van der Waals surface area contributed by atoms with Crippen molar-refractivity contribution in [3.8, 4) is 5.75 Å². The smallest absolute Gasteiger partial charge is 0.262 e. The van der Waals surface area contributed by atoms with Gasteiger partial charge in [-0.25, -0.2) is 8.42 Å². The third kappa shape index (κ3) is 5.53. The molecular formula is C27H32N2O5S. The maximum absolute atomic E-state index is 13.2. The highest BCUT2D eigenvalue weighted by atomic mass is 32.2. The van der Waals surface area contributed by atoms with Gasteiger partial charge in [0.25, 0.3) is 5.91 Å². The number of hydrogen-bond acceptors (Lipinski definition) is 5. The van der Waals surface area contributed by atoms with Crippen LogP contribution in [0, 0.1) is 17.8 Å². The Balaban J connectivity index is 1.29. The number of benzene rings is 2. The first-order chi connectivity index (χ1) is 16.8. The van der Waals surface area contributed by atoms with Gasteiger partial charge in [0, 0.05) is 6.42 Å². The van der Waals surface area contributed by atoms with Gasteiger partial charge in [0.1, 0.15) is 16.4 Å². The van der Waals surface area contributed by atoms with Crippen molar-refractivity contribution in [3.63, 3.8) is 0 Å². The predicted octanol–water partition coefficient (Wildman–Crippen LogP) is 3.41. The van der Waals surface area contributed by atoms with Crippen LogP contribution in [0.5, 0.6) is 5.75 Å². The Bertz CT molecular complexity index is 1180. The molecule has 0 spiro atoms. The Labute approximate surface area is 206 Å². The van der Waals surface area contributed by atoms with Crippen LogP contribution in [0.4, 0.5) is 0 Å². The fourth-order valence-electron chi connectivity index (χ4n) is 5.19. The molecule has 7 nitrogen and oxygen atoms in total. The molecule has 2 amide bonds. The second kappa shape index (κ2) is 9.64. The van der Waals surface area contributed by atoms with Gasteiger partial charge in [-0.05, 0) is 68.1 Å². The maximum atomic E-state index is 13.2. The minimum atomic E-state index is -3.65. The molecule has 0 saturated heterocycles. The summed E-state index contributed by atoms with van der Waals surface area (Å²) in [5, 5.41) is 6.06. The molecule has 3 atom stereocenters. The summed E-state index contributed by atoms with van der Waals surface area (Å²) in [7, 11) is -3.65. The summed E-state index contributed by atoms with van der Waals surface area (Å²) < 4.78 is 31.2. The lowest BCUT2D eigenvalue weighted by Crippen LogP contribution is -2.50. The maximum Gasteiger partial charge on any atom is 0.262 e. The van der Waals surface area contributed by atoms with Gasteiger partial charge in [-0.2, -0.15) is 0 Å². The summed E-state index contributed by atoms with van der Waals surface area (Å²) in [5.41, 5.74) is 0.827. The van der Waals surface area contributed by atoms with E-state index in [0.29, 0.717) is 24.2 Å². The lowest BCUT2D eigenvalue weighted by atomic mass is 9.93. The Morgan fingerprint density at radius 1 is 0.943 bits per heavy atom. The highest BCUT2D eigenvalue weighted by Crippen LogP contribution is 2.50. The van der Waals surface area contributed by atoms with Gasteiger partial charge >= 0.3 is 0 Å². The van der Waals surface area contributed by atoms with Crippen molar-refractivity contribution in [2.24, 2.45) is 17.8 Å². The molecule has 2 aromatic carbocycles. The van der Waals surface area contributed by atoms with Crippen LogP contribution in [0.2, 0.25) is 0 Å². The second-order valence-electron chi connectivity index (χ2n) is 10.1. The molecule has 2 N–H and O–H groups in total. The van der Waals surface area contributed by atoms with E-state index in [9.17, 15) is 18.0 Å². The molecule has 186 valence electrons. The molecular weight excluding hydrogens is 464 g/mol. The number of para-hydroxylation sites is 1. The number of hydrogen-bond donors (Lipinski definition) is 2.